The van der Waals surface area contributed by atoms with Crippen LogP contribution >= 0.6 is 23.2 Å². The van der Waals surface area contributed by atoms with Gasteiger partial charge in [-0.1, -0.05) is 53.5 Å². The summed E-state index contributed by atoms with van der Waals surface area (Å²) in [7, 11) is 1.60. The lowest BCUT2D eigenvalue weighted by atomic mass is 10.1. The maximum absolute atomic E-state index is 12.3. The molecule has 0 saturated heterocycles. The summed E-state index contributed by atoms with van der Waals surface area (Å²) < 4.78 is 0. The van der Waals surface area contributed by atoms with Gasteiger partial charge in [0.2, 0.25) is 5.91 Å². The van der Waals surface area contributed by atoms with Crippen LogP contribution in [0.4, 0.5) is 5.69 Å². The number of nitrogens with one attached hydrogen (secondary N) is 1. The van der Waals surface area contributed by atoms with Crippen molar-refractivity contribution < 1.29 is 14.9 Å². The van der Waals surface area contributed by atoms with E-state index in [0.717, 1.165) is 5.56 Å². The van der Waals surface area contributed by atoms with Gasteiger partial charge in [-0.25, -0.2) is 0 Å². The number of anilines is 1. The maximum atomic E-state index is 12.3. The lowest BCUT2D eigenvalue weighted by Crippen LogP contribution is -2.87. The maximum Gasteiger partial charge on any atom is 0.277 e. The van der Waals surface area contributed by atoms with E-state index in [-0.39, 0.29) is 30.9 Å². The van der Waals surface area contributed by atoms with Crippen molar-refractivity contribution >= 4 is 40.7 Å². The predicted molar refractivity (Wildman–Crippen MR) is 104 cm³/mol. The average Bonchev–Trinajstić information content (AvgIpc) is 2.61. The smallest absolute Gasteiger partial charge is 0.277 e. The van der Waals surface area contributed by atoms with Crippen molar-refractivity contribution in [1.29, 1.82) is 0 Å². The number of amides is 2. The molecule has 2 amide bonds. The minimum absolute atomic E-state index is 0.0398. The molecule has 0 spiro atoms. The average molecular weight is 395 g/mol. The molecule has 0 aliphatic rings. The Morgan fingerprint density at radius 1 is 1.08 bits per heavy atom. The van der Waals surface area contributed by atoms with Crippen molar-refractivity contribution in [1.82, 2.24) is 4.90 Å². The molecule has 0 unspecified atom stereocenters. The fourth-order valence-corrected chi connectivity index (χ4v) is 2.95. The Labute approximate surface area is 163 Å². The van der Waals surface area contributed by atoms with Gasteiger partial charge >= 0.3 is 0 Å². The largest absolute Gasteiger partial charge is 0.332 e. The molecule has 0 heterocycles. The van der Waals surface area contributed by atoms with Gasteiger partial charge in [0, 0.05) is 17.6 Å². The highest BCUT2D eigenvalue weighted by Gasteiger charge is 2.18. The van der Waals surface area contributed by atoms with E-state index in [2.05, 4.69) is 5.32 Å². The number of halogens is 2. The third-order valence-electron chi connectivity index (χ3n) is 4.00. The first-order valence-corrected chi connectivity index (χ1v) is 9.00. The van der Waals surface area contributed by atoms with E-state index in [0.29, 0.717) is 15.7 Å². The van der Waals surface area contributed by atoms with Gasteiger partial charge in [-0.3, -0.25) is 9.59 Å². The molecule has 138 valence electrons. The quantitative estimate of drug-likeness (QED) is 0.757. The zero-order valence-corrected chi connectivity index (χ0v) is 16.2. The van der Waals surface area contributed by atoms with Crippen LogP contribution in [0.25, 0.3) is 0 Å². The summed E-state index contributed by atoms with van der Waals surface area (Å²) in [6.45, 7) is 2.17. The summed E-state index contributed by atoms with van der Waals surface area (Å²) in [6.07, 6.45) is 0. The number of nitrogens with zero attached hydrogens (tertiary/aromatic N) is 1. The topological polar surface area (TPSA) is 66.0 Å². The Bertz CT molecular complexity index is 783. The molecule has 0 saturated carbocycles. The van der Waals surface area contributed by atoms with Gasteiger partial charge in [0.1, 0.15) is 6.04 Å². The molecule has 2 aromatic rings. The van der Waals surface area contributed by atoms with Crippen LogP contribution in [-0.2, 0) is 9.59 Å². The molecule has 0 aliphatic carbocycles. The van der Waals surface area contributed by atoms with E-state index < -0.39 is 0 Å². The minimum atomic E-state index is -0.298. The fourth-order valence-electron chi connectivity index (χ4n) is 2.46. The van der Waals surface area contributed by atoms with Crippen LogP contribution < -0.4 is 10.6 Å². The molecule has 2 rings (SSSR count). The Morgan fingerprint density at radius 3 is 2.35 bits per heavy atom. The predicted octanol–water partition coefficient (Wildman–Crippen LogP) is 2.71. The van der Waals surface area contributed by atoms with Crippen LogP contribution in [-0.4, -0.2) is 36.9 Å². The minimum Gasteiger partial charge on any atom is -0.332 e. The van der Waals surface area contributed by atoms with Crippen LogP contribution in [0.5, 0.6) is 0 Å². The van der Waals surface area contributed by atoms with Gasteiger partial charge in [-0.05, 0) is 25.1 Å². The molecule has 3 N–H and O–H groups in total. The summed E-state index contributed by atoms with van der Waals surface area (Å²) >= 11 is 12.2. The highest BCUT2D eigenvalue weighted by atomic mass is 35.5. The number of para-hydroxylation sites is 1. The molecular formula is C19H22Cl2N3O2+. The van der Waals surface area contributed by atoms with Crippen molar-refractivity contribution in [2.24, 2.45) is 0 Å². The van der Waals surface area contributed by atoms with Gasteiger partial charge in [-0.2, -0.15) is 0 Å². The lowest BCUT2D eigenvalue weighted by Gasteiger charge is -2.18. The second-order valence-corrected chi connectivity index (χ2v) is 6.84. The van der Waals surface area contributed by atoms with E-state index in [1.165, 1.54) is 4.90 Å². The van der Waals surface area contributed by atoms with Crippen LogP contribution in [0.1, 0.15) is 18.5 Å². The van der Waals surface area contributed by atoms with Crippen molar-refractivity contribution in [3.8, 4) is 0 Å². The van der Waals surface area contributed by atoms with Gasteiger partial charge in [0.25, 0.3) is 5.91 Å². The van der Waals surface area contributed by atoms with Gasteiger partial charge < -0.3 is 15.5 Å². The van der Waals surface area contributed by atoms with E-state index in [9.17, 15) is 9.59 Å². The number of benzene rings is 2. The summed E-state index contributed by atoms with van der Waals surface area (Å²) in [6, 6.07) is 14.6. The van der Waals surface area contributed by atoms with E-state index in [4.69, 9.17) is 23.2 Å². The number of hydrogen-bond donors (Lipinski definition) is 2. The zero-order chi connectivity index (χ0) is 19.1. The zero-order valence-electron chi connectivity index (χ0n) is 14.7. The molecule has 2 aromatic carbocycles. The Hall–Kier alpha value is -2.08. The summed E-state index contributed by atoms with van der Waals surface area (Å²) in [5.74, 6) is -0.439. The standard InChI is InChI=1S/C19H21Cl2N3O2/c1-13(14-7-3-4-8-15(14)20)22-11-19(26)24(2)12-18(25)23-17-10-6-5-9-16(17)21/h3-10,13,22H,11-12H2,1-2H3,(H,23,25)/p+1/t13-/m0/s1. The second-order valence-electron chi connectivity index (χ2n) is 6.03. The highest BCUT2D eigenvalue weighted by Crippen LogP contribution is 2.20. The molecule has 1 atom stereocenters. The SMILES string of the molecule is C[C@H]([NH2+]CC(=O)N(C)CC(=O)Nc1ccccc1Cl)c1ccccc1Cl. The molecule has 0 aliphatic heterocycles. The first-order chi connectivity index (χ1) is 12.4. The first kappa shape index (κ1) is 20.2. The third kappa shape index (κ3) is 5.73. The second kappa shape index (κ2) is 9.57. The van der Waals surface area contributed by atoms with E-state index in [1.807, 2.05) is 36.5 Å². The van der Waals surface area contributed by atoms with Crippen LogP contribution in [0.15, 0.2) is 48.5 Å². The molecule has 26 heavy (non-hydrogen) atoms. The molecule has 7 heteroatoms. The monoisotopic (exact) mass is 394 g/mol. The van der Waals surface area contributed by atoms with Gasteiger partial charge in [0.15, 0.2) is 6.54 Å². The Kier molecular flexibility index (Phi) is 7.45. The number of rotatable bonds is 7. The third-order valence-corrected chi connectivity index (χ3v) is 4.67. The van der Waals surface area contributed by atoms with Crippen molar-refractivity contribution in [3.63, 3.8) is 0 Å². The summed E-state index contributed by atoms with van der Waals surface area (Å²) in [5.41, 5.74) is 1.50. The molecular weight excluding hydrogens is 373 g/mol. The fraction of sp³-hybridized carbons (Fsp3) is 0.263. The van der Waals surface area contributed by atoms with Crippen molar-refractivity contribution in [3.05, 3.63) is 64.1 Å². The molecule has 0 bridgehead atoms. The van der Waals surface area contributed by atoms with Crippen LogP contribution in [0, 0.1) is 0 Å². The van der Waals surface area contributed by atoms with Crippen LogP contribution in [0.3, 0.4) is 0 Å². The Balaban J connectivity index is 1.83. The number of nitrogens with two attached hydrogens (primary N) is 1. The normalized spacial score (nSPS) is 11.7. The highest BCUT2D eigenvalue weighted by molar-refractivity contribution is 6.33. The van der Waals surface area contributed by atoms with Crippen LogP contribution in [0.2, 0.25) is 10.0 Å². The molecule has 0 fully saturated rings. The lowest BCUT2D eigenvalue weighted by molar-refractivity contribution is -0.683. The number of quaternary nitrogens is 1. The van der Waals surface area contributed by atoms with Gasteiger partial charge in [0.05, 0.1) is 17.3 Å². The number of likely N-dealkylation sites (N-methyl/N-ethyl adjacent to an activating group) is 1. The molecule has 0 aromatic heterocycles. The van der Waals surface area contributed by atoms with Crippen molar-refractivity contribution in [2.45, 2.75) is 13.0 Å². The molecule has 0 radical (unpaired) electrons. The first-order valence-electron chi connectivity index (χ1n) is 8.24. The van der Waals surface area contributed by atoms with E-state index in [1.54, 1.807) is 31.3 Å². The summed E-state index contributed by atoms with van der Waals surface area (Å²) in [4.78, 5) is 25.8. The molecule has 5 nitrogen and oxygen atoms in total. The van der Waals surface area contributed by atoms with E-state index >= 15 is 0 Å². The number of carbonyl (C=O) groups excluding carboxylic acids is 2. The number of hydrogen-bond acceptors (Lipinski definition) is 2. The Morgan fingerprint density at radius 2 is 1.69 bits per heavy atom. The number of carbonyl (C=O) groups is 2. The summed E-state index contributed by atoms with van der Waals surface area (Å²) in [5, 5.41) is 5.73. The van der Waals surface area contributed by atoms with Crippen molar-refractivity contribution in [2.75, 3.05) is 25.5 Å². The van der Waals surface area contributed by atoms with Gasteiger partial charge in [-0.15, -0.1) is 0 Å².